The van der Waals surface area contributed by atoms with Crippen molar-refractivity contribution < 1.29 is 9.47 Å². The Hall–Kier alpha value is -0.940. The van der Waals surface area contributed by atoms with Gasteiger partial charge in [-0.3, -0.25) is 0 Å². The van der Waals surface area contributed by atoms with Crippen molar-refractivity contribution in [1.82, 2.24) is 9.97 Å². The molecule has 0 fully saturated rings. The number of methoxy groups -OCH3 is 2. The van der Waals surface area contributed by atoms with Crippen molar-refractivity contribution >= 4 is 29.2 Å². The average molecular weight is 280 g/mol. The molecule has 0 atom stereocenters. The highest BCUT2D eigenvalue weighted by atomic mass is 35.5. The van der Waals surface area contributed by atoms with Crippen molar-refractivity contribution in [2.45, 2.75) is 12.5 Å². The number of alkyl halides is 2. The monoisotopic (exact) mass is 279 g/mol. The molecule has 0 spiro atoms. The third kappa shape index (κ3) is 3.78. The summed E-state index contributed by atoms with van der Waals surface area (Å²) in [6, 6.07) is 1.59. The van der Waals surface area contributed by atoms with Gasteiger partial charge < -0.3 is 14.8 Å². The first-order chi connectivity index (χ1) is 8.06. The van der Waals surface area contributed by atoms with Crippen LogP contribution in [0.15, 0.2) is 6.07 Å². The molecular formula is C10H15Cl2N3O2. The fraction of sp³-hybridized carbons (Fsp3) is 0.600. The first-order valence-corrected chi connectivity index (χ1v) is 6.01. The van der Waals surface area contributed by atoms with E-state index in [9.17, 15) is 0 Å². The van der Waals surface area contributed by atoms with Crippen LogP contribution in [0.3, 0.4) is 0 Å². The van der Waals surface area contributed by atoms with Gasteiger partial charge in [0, 0.05) is 11.8 Å². The fourth-order valence-electron chi connectivity index (χ4n) is 1.04. The molecule has 96 valence electrons. The van der Waals surface area contributed by atoms with E-state index in [0.29, 0.717) is 29.5 Å². The molecule has 0 aliphatic carbocycles. The number of rotatable bonds is 6. The van der Waals surface area contributed by atoms with E-state index >= 15 is 0 Å². The van der Waals surface area contributed by atoms with Crippen LogP contribution in [-0.2, 0) is 0 Å². The smallest absolute Gasteiger partial charge is 0.229 e. The predicted octanol–water partition coefficient (Wildman–Crippen LogP) is 2.14. The van der Waals surface area contributed by atoms with Gasteiger partial charge in [-0.05, 0) is 6.92 Å². The van der Waals surface area contributed by atoms with Gasteiger partial charge in [0.15, 0.2) is 0 Å². The minimum absolute atomic E-state index is 0.333. The van der Waals surface area contributed by atoms with Crippen LogP contribution in [0.5, 0.6) is 11.8 Å². The second kappa shape index (κ2) is 6.12. The topological polar surface area (TPSA) is 56.3 Å². The lowest BCUT2D eigenvalue weighted by Gasteiger charge is -2.25. The average Bonchev–Trinajstić information content (AvgIpc) is 2.37. The Morgan fingerprint density at radius 2 is 1.65 bits per heavy atom. The van der Waals surface area contributed by atoms with E-state index in [2.05, 4.69) is 15.3 Å². The second-order valence-electron chi connectivity index (χ2n) is 3.73. The summed E-state index contributed by atoms with van der Waals surface area (Å²) in [5.74, 6) is 1.85. The number of ether oxygens (including phenoxy) is 2. The third-order valence-electron chi connectivity index (χ3n) is 2.10. The van der Waals surface area contributed by atoms with Crippen LogP contribution in [-0.4, -0.2) is 41.5 Å². The summed E-state index contributed by atoms with van der Waals surface area (Å²) < 4.78 is 10.1. The normalized spacial score (nSPS) is 11.1. The second-order valence-corrected chi connectivity index (χ2v) is 4.26. The van der Waals surface area contributed by atoms with Gasteiger partial charge in [-0.25, -0.2) is 0 Å². The van der Waals surface area contributed by atoms with Crippen LogP contribution in [0.1, 0.15) is 6.92 Å². The maximum atomic E-state index is 5.84. The summed E-state index contributed by atoms with van der Waals surface area (Å²) in [6.45, 7) is 1.88. The molecule has 1 N–H and O–H groups in total. The number of anilines is 1. The highest BCUT2D eigenvalue weighted by Crippen LogP contribution is 2.21. The van der Waals surface area contributed by atoms with Crippen molar-refractivity contribution in [3.8, 4) is 11.8 Å². The zero-order valence-electron chi connectivity index (χ0n) is 9.96. The molecule has 17 heavy (non-hydrogen) atoms. The number of aromatic nitrogens is 2. The Morgan fingerprint density at radius 3 is 2.00 bits per heavy atom. The third-order valence-corrected chi connectivity index (χ3v) is 3.28. The van der Waals surface area contributed by atoms with Gasteiger partial charge in [0.2, 0.25) is 17.7 Å². The van der Waals surface area contributed by atoms with E-state index in [1.807, 2.05) is 6.92 Å². The maximum absolute atomic E-state index is 5.84. The maximum Gasteiger partial charge on any atom is 0.229 e. The van der Waals surface area contributed by atoms with Crippen molar-refractivity contribution in [2.24, 2.45) is 0 Å². The van der Waals surface area contributed by atoms with Crippen LogP contribution in [0.2, 0.25) is 0 Å². The first kappa shape index (κ1) is 14.1. The Morgan fingerprint density at radius 1 is 1.18 bits per heavy atom. The summed E-state index contributed by atoms with van der Waals surface area (Å²) in [4.78, 5) is 8.28. The molecule has 0 saturated carbocycles. The molecule has 0 unspecified atom stereocenters. The predicted molar refractivity (Wildman–Crippen MR) is 68.6 cm³/mol. The summed E-state index contributed by atoms with van der Waals surface area (Å²) in [6.07, 6.45) is 0. The zero-order valence-corrected chi connectivity index (χ0v) is 11.5. The largest absolute Gasteiger partial charge is 0.481 e. The summed E-state index contributed by atoms with van der Waals surface area (Å²) in [5.41, 5.74) is -0.486. The van der Waals surface area contributed by atoms with Crippen LogP contribution in [0.4, 0.5) is 5.95 Å². The van der Waals surface area contributed by atoms with E-state index in [4.69, 9.17) is 32.7 Å². The van der Waals surface area contributed by atoms with Gasteiger partial charge in [0.25, 0.3) is 0 Å². The van der Waals surface area contributed by atoms with E-state index in [-0.39, 0.29) is 0 Å². The Bertz CT molecular complexity index is 350. The van der Waals surface area contributed by atoms with E-state index < -0.39 is 5.54 Å². The first-order valence-electron chi connectivity index (χ1n) is 4.94. The van der Waals surface area contributed by atoms with E-state index in [1.54, 1.807) is 6.07 Å². The molecule has 0 amide bonds. The quantitative estimate of drug-likeness (QED) is 0.809. The lowest BCUT2D eigenvalue weighted by atomic mass is 10.1. The fourth-order valence-corrected chi connectivity index (χ4v) is 1.46. The van der Waals surface area contributed by atoms with E-state index in [0.717, 1.165) is 0 Å². The molecule has 0 saturated heterocycles. The van der Waals surface area contributed by atoms with Gasteiger partial charge in [0.05, 0.1) is 25.8 Å². The van der Waals surface area contributed by atoms with Crippen molar-refractivity contribution in [3.05, 3.63) is 6.07 Å². The van der Waals surface area contributed by atoms with Crippen molar-refractivity contribution in [2.75, 3.05) is 31.3 Å². The lowest BCUT2D eigenvalue weighted by molar-refractivity contribution is 0.372. The van der Waals surface area contributed by atoms with Crippen LogP contribution in [0.25, 0.3) is 0 Å². The summed E-state index contributed by atoms with van der Waals surface area (Å²) in [5, 5.41) is 3.06. The van der Waals surface area contributed by atoms with Crippen molar-refractivity contribution in [1.29, 1.82) is 0 Å². The molecule has 1 rings (SSSR count). The molecular weight excluding hydrogens is 265 g/mol. The molecule has 0 aliphatic heterocycles. The summed E-state index contributed by atoms with van der Waals surface area (Å²) >= 11 is 11.7. The number of nitrogens with zero attached hydrogens (tertiary/aromatic N) is 2. The minimum atomic E-state index is -0.486. The van der Waals surface area contributed by atoms with Gasteiger partial charge in [-0.1, -0.05) is 0 Å². The molecule has 1 aromatic heterocycles. The van der Waals surface area contributed by atoms with Gasteiger partial charge >= 0.3 is 0 Å². The zero-order chi connectivity index (χ0) is 12.9. The Kier molecular flexibility index (Phi) is 5.08. The van der Waals surface area contributed by atoms with E-state index in [1.165, 1.54) is 14.2 Å². The molecule has 1 aromatic rings. The van der Waals surface area contributed by atoms with Crippen LogP contribution in [0, 0.1) is 0 Å². The van der Waals surface area contributed by atoms with Crippen LogP contribution >= 0.6 is 23.2 Å². The molecule has 1 heterocycles. The van der Waals surface area contributed by atoms with Crippen molar-refractivity contribution in [3.63, 3.8) is 0 Å². The molecule has 0 bridgehead atoms. The number of hydrogen-bond donors (Lipinski definition) is 1. The highest BCUT2D eigenvalue weighted by molar-refractivity contribution is 6.22. The molecule has 0 aromatic carbocycles. The SMILES string of the molecule is COc1cc(OC)nc(NC(C)(CCl)CCl)n1. The molecule has 7 heteroatoms. The molecule has 0 radical (unpaired) electrons. The lowest BCUT2D eigenvalue weighted by Crippen LogP contribution is -2.39. The molecule has 5 nitrogen and oxygen atoms in total. The molecule has 0 aliphatic rings. The number of halogens is 2. The standard InChI is InChI=1S/C10H15Cl2N3O2/c1-10(5-11,6-12)15-9-13-7(16-2)4-8(14-9)17-3/h4H,5-6H2,1-3H3,(H,13,14,15). The van der Waals surface area contributed by atoms with Gasteiger partial charge in [-0.15, -0.1) is 23.2 Å². The minimum Gasteiger partial charge on any atom is -0.481 e. The van der Waals surface area contributed by atoms with Gasteiger partial charge in [0.1, 0.15) is 0 Å². The number of nitrogens with one attached hydrogen (secondary N) is 1. The highest BCUT2D eigenvalue weighted by Gasteiger charge is 2.23. The Balaban J connectivity index is 2.97. The summed E-state index contributed by atoms with van der Waals surface area (Å²) in [7, 11) is 3.04. The Labute approximate surface area is 110 Å². The number of hydrogen-bond acceptors (Lipinski definition) is 5. The van der Waals surface area contributed by atoms with Crippen LogP contribution < -0.4 is 14.8 Å². The van der Waals surface area contributed by atoms with Gasteiger partial charge in [-0.2, -0.15) is 9.97 Å².